The van der Waals surface area contributed by atoms with Gasteiger partial charge in [0.2, 0.25) is 0 Å². The second-order valence-corrected chi connectivity index (χ2v) is 6.35. The number of thioether (sulfide) groups is 1. The summed E-state index contributed by atoms with van der Waals surface area (Å²) in [5.74, 6) is 4.60. The molecule has 1 aromatic heterocycles. The van der Waals surface area contributed by atoms with Crippen molar-refractivity contribution in [1.29, 1.82) is 0 Å². The Hall–Kier alpha value is -0.480. The number of aromatic nitrogens is 2. The SMILES string of the molecule is OC1CCCn2c1cnc2CC1CCCSC1. The molecule has 1 N–H and O–H groups in total. The average molecular weight is 252 g/mol. The van der Waals surface area contributed by atoms with Crippen LogP contribution in [-0.2, 0) is 13.0 Å². The largest absolute Gasteiger partial charge is 0.387 e. The van der Waals surface area contributed by atoms with Crippen molar-refractivity contribution in [2.24, 2.45) is 5.92 Å². The second kappa shape index (κ2) is 5.02. The minimum absolute atomic E-state index is 0.286. The van der Waals surface area contributed by atoms with Crippen molar-refractivity contribution in [3.63, 3.8) is 0 Å². The fourth-order valence-corrected chi connectivity index (χ4v) is 4.09. The quantitative estimate of drug-likeness (QED) is 0.878. The predicted molar refractivity (Wildman–Crippen MR) is 70.2 cm³/mol. The molecule has 2 unspecified atom stereocenters. The smallest absolute Gasteiger partial charge is 0.109 e. The highest BCUT2D eigenvalue weighted by Gasteiger charge is 2.23. The zero-order chi connectivity index (χ0) is 11.7. The molecule has 0 amide bonds. The van der Waals surface area contributed by atoms with E-state index in [2.05, 4.69) is 21.3 Å². The standard InChI is InChI=1S/C13H20N2OS/c16-12-4-1-5-15-11(12)8-14-13(15)7-10-3-2-6-17-9-10/h8,10,12,16H,1-7,9H2. The van der Waals surface area contributed by atoms with Crippen molar-refractivity contribution in [3.8, 4) is 0 Å². The van der Waals surface area contributed by atoms with E-state index in [0.717, 1.165) is 37.4 Å². The molecule has 94 valence electrons. The Bertz CT molecular complexity index is 385. The van der Waals surface area contributed by atoms with E-state index < -0.39 is 0 Å². The van der Waals surface area contributed by atoms with Crippen LogP contribution in [0.15, 0.2) is 6.20 Å². The normalized spacial score (nSPS) is 29.0. The molecular weight excluding hydrogens is 232 g/mol. The summed E-state index contributed by atoms with van der Waals surface area (Å²) in [7, 11) is 0. The topological polar surface area (TPSA) is 38.0 Å². The Kier molecular flexibility index (Phi) is 3.43. The van der Waals surface area contributed by atoms with Crippen LogP contribution in [-0.4, -0.2) is 26.2 Å². The summed E-state index contributed by atoms with van der Waals surface area (Å²) in [6, 6.07) is 0. The summed E-state index contributed by atoms with van der Waals surface area (Å²) in [6.07, 6.45) is 7.37. The average Bonchev–Trinajstić information content (AvgIpc) is 2.76. The molecule has 0 saturated carbocycles. The Morgan fingerprint density at radius 2 is 2.35 bits per heavy atom. The summed E-state index contributed by atoms with van der Waals surface area (Å²) in [6.45, 7) is 1.04. The molecule has 0 spiro atoms. The van der Waals surface area contributed by atoms with E-state index in [-0.39, 0.29) is 6.10 Å². The lowest BCUT2D eigenvalue weighted by molar-refractivity contribution is 0.138. The third kappa shape index (κ3) is 2.38. The Balaban J connectivity index is 1.74. The van der Waals surface area contributed by atoms with Crippen molar-refractivity contribution >= 4 is 11.8 Å². The van der Waals surface area contributed by atoms with E-state index in [9.17, 15) is 5.11 Å². The van der Waals surface area contributed by atoms with Crippen molar-refractivity contribution in [2.75, 3.05) is 11.5 Å². The lowest BCUT2D eigenvalue weighted by atomic mass is 10.0. The number of imidazole rings is 1. The molecule has 0 bridgehead atoms. The maximum absolute atomic E-state index is 9.92. The number of aliphatic hydroxyl groups excluding tert-OH is 1. The zero-order valence-corrected chi connectivity index (χ0v) is 11.0. The number of hydrogen-bond acceptors (Lipinski definition) is 3. The van der Waals surface area contributed by atoms with Gasteiger partial charge in [0.15, 0.2) is 0 Å². The fourth-order valence-electron chi connectivity index (χ4n) is 2.93. The van der Waals surface area contributed by atoms with Crippen LogP contribution >= 0.6 is 11.8 Å². The first-order valence-electron chi connectivity index (χ1n) is 6.64. The molecule has 0 aliphatic carbocycles. The molecule has 0 aromatic carbocycles. The number of hydrogen-bond donors (Lipinski definition) is 1. The molecule has 2 atom stereocenters. The lowest BCUT2D eigenvalue weighted by Gasteiger charge is -2.24. The molecule has 2 aliphatic heterocycles. The Morgan fingerprint density at radius 3 is 3.18 bits per heavy atom. The van der Waals surface area contributed by atoms with Crippen LogP contribution in [0.3, 0.4) is 0 Å². The van der Waals surface area contributed by atoms with Crippen LogP contribution in [0, 0.1) is 5.92 Å². The highest BCUT2D eigenvalue weighted by molar-refractivity contribution is 7.99. The molecule has 3 rings (SSSR count). The van der Waals surface area contributed by atoms with Gasteiger partial charge in [-0.25, -0.2) is 4.98 Å². The van der Waals surface area contributed by atoms with Crippen LogP contribution < -0.4 is 0 Å². The molecule has 17 heavy (non-hydrogen) atoms. The first kappa shape index (κ1) is 11.6. The van der Waals surface area contributed by atoms with Gasteiger partial charge in [-0.2, -0.15) is 11.8 Å². The first-order chi connectivity index (χ1) is 8.34. The Morgan fingerprint density at radius 1 is 1.41 bits per heavy atom. The van der Waals surface area contributed by atoms with E-state index in [1.807, 2.05) is 6.20 Å². The molecule has 4 heteroatoms. The van der Waals surface area contributed by atoms with Crippen LogP contribution in [0.4, 0.5) is 0 Å². The van der Waals surface area contributed by atoms with E-state index in [0.29, 0.717) is 0 Å². The maximum Gasteiger partial charge on any atom is 0.109 e. The number of rotatable bonds is 2. The van der Waals surface area contributed by atoms with Gasteiger partial charge < -0.3 is 9.67 Å². The second-order valence-electron chi connectivity index (χ2n) is 5.20. The van der Waals surface area contributed by atoms with Gasteiger partial charge >= 0.3 is 0 Å². The van der Waals surface area contributed by atoms with Crippen LogP contribution in [0.2, 0.25) is 0 Å². The van der Waals surface area contributed by atoms with Gasteiger partial charge in [-0.3, -0.25) is 0 Å². The summed E-state index contributed by atoms with van der Waals surface area (Å²) in [5, 5.41) is 9.92. The number of nitrogens with zero attached hydrogens (tertiary/aromatic N) is 2. The van der Waals surface area contributed by atoms with Crippen LogP contribution in [0.1, 0.15) is 43.3 Å². The minimum Gasteiger partial charge on any atom is -0.387 e. The van der Waals surface area contributed by atoms with E-state index in [1.165, 1.54) is 30.2 Å². The van der Waals surface area contributed by atoms with Gasteiger partial charge in [0.1, 0.15) is 5.82 Å². The maximum atomic E-state index is 9.92. The summed E-state index contributed by atoms with van der Waals surface area (Å²) in [5.41, 5.74) is 1.04. The van der Waals surface area contributed by atoms with Gasteiger partial charge in [-0.05, 0) is 43.1 Å². The number of aliphatic hydroxyl groups is 1. The molecule has 1 saturated heterocycles. The molecule has 3 heterocycles. The third-order valence-corrected chi connectivity index (χ3v) is 5.18. The molecule has 2 aliphatic rings. The summed E-state index contributed by atoms with van der Waals surface area (Å²) in [4.78, 5) is 4.54. The van der Waals surface area contributed by atoms with E-state index >= 15 is 0 Å². The van der Waals surface area contributed by atoms with Crippen LogP contribution in [0.25, 0.3) is 0 Å². The summed E-state index contributed by atoms with van der Waals surface area (Å²) >= 11 is 2.08. The number of fused-ring (bicyclic) bond motifs is 1. The molecule has 1 aromatic rings. The van der Waals surface area contributed by atoms with Crippen molar-refractivity contribution < 1.29 is 5.11 Å². The Labute approximate surface area is 107 Å². The molecular formula is C13H20N2OS. The van der Waals surface area contributed by atoms with Gasteiger partial charge in [-0.15, -0.1) is 0 Å². The fraction of sp³-hybridized carbons (Fsp3) is 0.769. The first-order valence-corrected chi connectivity index (χ1v) is 7.80. The molecule has 1 fully saturated rings. The summed E-state index contributed by atoms with van der Waals surface area (Å²) < 4.78 is 2.26. The van der Waals surface area contributed by atoms with Crippen molar-refractivity contribution in [1.82, 2.24) is 9.55 Å². The predicted octanol–water partition coefficient (Wildman–Crippen LogP) is 2.40. The third-order valence-electron chi connectivity index (χ3n) is 3.90. The van der Waals surface area contributed by atoms with E-state index in [1.54, 1.807) is 0 Å². The van der Waals surface area contributed by atoms with Gasteiger partial charge in [-0.1, -0.05) is 0 Å². The van der Waals surface area contributed by atoms with Gasteiger partial charge in [0.25, 0.3) is 0 Å². The van der Waals surface area contributed by atoms with E-state index in [4.69, 9.17) is 0 Å². The van der Waals surface area contributed by atoms with Crippen molar-refractivity contribution in [2.45, 2.75) is 44.8 Å². The molecule has 3 nitrogen and oxygen atoms in total. The minimum atomic E-state index is -0.286. The molecule has 0 radical (unpaired) electrons. The van der Waals surface area contributed by atoms with Gasteiger partial charge in [0, 0.05) is 13.0 Å². The lowest BCUT2D eigenvalue weighted by Crippen LogP contribution is -2.20. The van der Waals surface area contributed by atoms with Gasteiger partial charge in [0.05, 0.1) is 18.0 Å². The highest BCUT2D eigenvalue weighted by Crippen LogP contribution is 2.29. The highest BCUT2D eigenvalue weighted by atomic mass is 32.2. The van der Waals surface area contributed by atoms with Crippen LogP contribution in [0.5, 0.6) is 0 Å². The van der Waals surface area contributed by atoms with Crippen molar-refractivity contribution in [3.05, 3.63) is 17.7 Å². The zero-order valence-electron chi connectivity index (χ0n) is 10.1. The monoisotopic (exact) mass is 252 g/mol.